The number of nitrogens with one attached hydrogen (secondary N) is 1. The van der Waals surface area contributed by atoms with Crippen LogP contribution in [0.25, 0.3) is 0 Å². The largest absolute Gasteiger partial charge is 0.388 e. The third kappa shape index (κ3) is 7.78. The van der Waals surface area contributed by atoms with Gasteiger partial charge in [0.25, 0.3) is 0 Å². The highest BCUT2D eigenvalue weighted by atomic mass is 15.1. The molecule has 3 nitrogen and oxygen atoms in total. The highest BCUT2D eigenvalue weighted by molar-refractivity contribution is 5.76. The molecule has 3 heteroatoms. The molecule has 0 radical (unpaired) electrons. The predicted octanol–water partition coefficient (Wildman–Crippen LogP) is 1.68. The van der Waals surface area contributed by atoms with Crippen LogP contribution in [0.4, 0.5) is 0 Å². The van der Waals surface area contributed by atoms with Crippen LogP contribution in [-0.4, -0.2) is 30.9 Å². The van der Waals surface area contributed by atoms with Crippen molar-refractivity contribution in [2.24, 2.45) is 11.7 Å². The minimum atomic E-state index is 0.303. The topological polar surface area (TPSA) is 53.1 Å². The second-order valence-corrected chi connectivity index (χ2v) is 3.90. The summed E-state index contributed by atoms with van der Waals surface area (Å²) in [6.45, 7) is 6.67. The number of nitrogens with zero attached hydrogens (tertiary/aromatic N) is 1. The van der Waals surface area contributed by atoms with Crippen LogP contribution in [0.2, 0.25) is 0 Å². The Bertz CT molecular complexity index is 145. The summed E-state index contributed by atoms with van der Waals surface area (Å²) < 4.78 is 0. The molecule has 0 fully saturated rings. The molecule has 1 atom stereocenters. The van der Waals surface area contributed by atoms with Gasteiger partial charge < -0.3 is 10.6 Å². The molecule has 0 aliphatic heterocycles. The van der Waals surface area contributed by atoms with E-state index in [1.165, 1.54) is 6.42 Å². The van der Waals surface area contributed by atoms with Crippen molar-refractivity contribution in [2.75, 3.05) is 20.1 Å². The van der Waals surface area contributed by atoms with Crippen molar-refractivity contribution in [1.29, 1.82) is 5.41 Å². The molecule has 0 aliphatic carbocycles. The number of nitrogens with two attached hydrogens (primary N) is 1. The maximum Gasteiger partial charge on any atom is 0.0905 e. The minimum absolute atomic E-state index is 0.303. The zero-order valence-electron chi connectivity index (χ0n) is 9.14. The van der Waals surface area contributed by atoms with Gasteiger partial charge in [0.05, 0.1) is 5.84 Å². The van der Waals surface area contributed by atoms with E-state index in [1.54, 1.807) is 0 Å². The fourth-order valence-electron chi connectivity index (χ4n) is 1.29. The minimum Gasteiger partial charge on any atom is -0.388 e. The average molecular weight is 185 g/mol. The molecule has 13 heavy (non-hydrogen) atoms. The van der Waals surface area contributed by atoms with Crippen LogP contribution in [0.1, 0.15) is 33.1 Å². The van der Waals surface area contributed by atoms with Crippen LogP contribution < -0.4 is 5.73 Å². The third-order valence-corrected chi connectivity index (χ3v) is 2.31. The summed E-state index contributed by atoms with van der Waals surface area (Å²) in [7, 11) is 2.13. The van der Waals surface area contributed by atoms with E-state index < -0.39 is 0 Å². The summed E-state index contributed by atoms with van der Waals surface area (Å²) in [6, 6.07) is 0. The van der Waals surface area contributed by atoms with Crippen LogP contribution in [-0.2, 0) is 0 Å². The second-order valence-electron chi connectivity index (χ2n) is 3.90. The zero-order chi connectivity index (χ0) is 10.3. The van der Waals surface area contributed by atoms with Crippen molar-refractivity contribution >= 4 is 5.84 Å². The van der Waals surface area contributed by atoms with Crippen LogP contribution in [0, 0.1) is 11.3 Å². The van der Waals surface area contributed by atoms with E-state index in [1.807, 2.05) is 0 Å². The van der Waals surface area contributed by atoms with Gasteiger partial charge in [0.1, 0.15) is 0 Å². The van der Waals surface area contributed by atoms with E-state index in [9.17, 15) is 0 Å². The maximum absolute atomic E-state index is 7.08. The molecule has 3 N–H and O–H groups in total. The summed E-state index contributed by atoms with van der Waals surface area (Å²) in [4.78, 5) is 2.32. The van der Waals surface area contributed by atoms with Crippen molar-refractivity contribution in [3.8, 4) is 0 Å². The van der Waals surface area contributed by atoms with E-state index in [0.29, 0.717) is 5.84 Å². The van der Waals surface area contributed by atoms with Gasteiger partial charge in [-0.15, -0.1) is 0 Å². The number of amidine groups is 1. The van der Waals surface area contributed by atoms with Gasteiger partial charge in [-0.2, -0.15) is 0 Å². The van der Waals surface area contributed by atoms with Gasteiger partial charge >= 0.3 is 0 Å². The number of hydrogen-bond donors (Lipinski definition) is 2. The van der Waals surface area contributed by atoms with E-state index in [4.69, 9.17) is 11.1 Å². The molecule has 0 aromatic heterocycles. The molecule has 78 valence electrons. The van der Waals surface area contributed by atoms with Gasteiger partial charge in [0.2, 0.25) is 0 Å². The average Bonchev–Trinajstić information content (AvgIpc) is 2.03. The standard InChI is InChI=1S/C10H23N3/c1-4-9(2)8-13(3)7-5-6-10(11)12/h9H,4-8H2,1-3H3,(H3,11,12). The Kier molecular flexibility index (Phi) is 6.59. The van der Waals surface area contributed by atoms with E-state index in [0.717, 1.165) is 31.8 Å². The van der Waals surface area contributed by atoms with E-state index >= 15 is 0 Å². The molecule has 0 rings (SSSR count). The Labute approximate surface area is 81.8 Å². The first-order chi connectivity index (χ1) is 6.06. The monoisotopic (exact) mass is 185 g/mol. The van der Waals surface area contributed by atoms with Gasteiger partial charge in [0, 0.05) is 13.0 Å². The normalized spacial score (nSPS) is 13.2. The second kappa shape index (κ2) is 6.89. The molecule has 0 saturated heterocycles. The first kappa shape index (κ1) is 12.4. The molecule has 0 aliphatic rings. The molecule has 0 heterocycles. The summed E-state index contributed by atoms with van der Waals surface area (Å²) in [5.74, 6) is 1.07. The molecular formula is C10H23N3. The Morgan fingerprint density at radius 2 is 2.15 bits per heavy atom. The van der Waals surface area contributed by atoms with Gasteiger partial charge in [-0.05, 0) is 25.9 Å². The highest BCUT2D eigenvalue weighted by Gasteiger charge is 2.03. The molecule has 0 bridgehead atoms. The zero-order valence-corrected chi connectivity index (χ0v) is 9.14. The van der Waals surface area contributed by atoms with Crippen LogP contribution in [0.15, 0.2) is 0 Å². The van der Waals surface area contributed by atoms with Crippen molar-refractivity contribution < 1.29 is 0 Å². The SMILES string of the molecule is CCC(C)CN(C)CCCC(=N)N. The summed E-state index contributed by atoms with van der Waals surface area (Å²) in [5.41, 5.74) is 5.27. The summed E-state index contributed by atoms with van der Waals surface area (Å²) >= 11 is 0. The highest BCUT2D eigenvalue weighted by Crippen LogP contribution is 2.03. The van der Waals surface area contributed by atoms with E-state index in [2.05, 4.69) is 25.8 Å². The lowest BCUT2D eigenvalue weighted by Crippen LogP contribution is -2.26. The molecule has 0 aromatic carbocycles. The van der Waals surface area contributed by atoms with Crippen LogP contribution in [0.5, 0.6) is 0 Å². The van der Waals surface area contributed by atoms with Crippen LogP contribution in [0.3, 0.4) is 0 Å². The predicted molar refractivity (Wildman–Crippen MR) is 58.1 cm³/mol. The van der Waals surface area contributed by atoms with Gasteiger partial charge in [-0.1, -0.05) is 20.3 Å². The van der Waals surface area contributed by atoms with Gasteiger partial charge in [-0.3, -0.25) is 5.41 Å². The smallest absolute Gasteiger partial charge is 0.0905 e. The lowest BCUT2D eigenvalue weighted by molar-refractivity contribution is 0.280. The number of rotatable bonds is 7. The number of hydrogen-bond acceptors (Lipinski definition) is 2. The lowest BCUT2D eigenvalue weighted by Gasteiger charge is -2.19. The van der Waals surface area contributed by atoms with Crippen molar-refractivity contribution in [3.05, 3.63) is 0 Å². The van der Waals surface area contributed by atoms with Crippen molar-refractivity contribution in [3.63, 3.8) is 0 Å². The fraction of sp³-hybridized carbons (Fsp3) is 0.900. The maximum atomic E-state index is 7.08. The summed E-state index contributed by atoms with van der Waals surface area (Å²) in [6.07, 6.45) is 2.96. The molecule has 0 saturated carbocycles. The van der Waals surface area contributed by atoms with Gasteiger partial charge in [0.15, 0.2) is 0 Å². The lowest BCUT2D eigenvalue weighted by atomic mass is 10.1. The molecule has 0 amide bonds. The summed E-state index contributed by atoms with van der Waals surface area (Å²) in [5, 5.41) is 7.08. The quantitative estimate of drug-likeness (QED) is 0.468. The Balaban J connectivity index is 3.39. The fourth-order valence-corrected chi connectivity index (χ4v) is 1.29. The Hall–Kier alpha value is -0.570. The Morgan fingerprint density at radius 1 is 1.54 bits per heavy atom. The molecule has 1 unspecified atom stereocenters. The molecular weight excluding hydrogens is 162 g/mol. The van der Waals surface area contributed by atoms with Crippen LogP contribution >= 0.6 is 0 Å². The molecule has 0 spiro atoms. The van der Waals surface area contributed by atoms with Crippen molar-refractivity contribution in [2.45, 2.75) is 33.1 Å². The van der Waals surface area contributed by atoms with Crippen molar-refractivity contribution in [1.82, 2.24) is 4.90 Å². The van der Waals surface area contributed by atoms with E-state index in [-0.39, 0.29) is 0 Å². The molecule has 0 aromatic rings. The van der Waals surface area contributed by atoms with Gasteiger partial charge in [-0.25, -0.2) is 0 Å². The third-order valence-electron chi connectivity index (χ3n) is 2.31. The first-order valence-electron chi connectivity index (χ1n) is 5.07. The first-order valence-corrected chi connectivity index (χ1v) is 5.07. The Morgan fingerprint density at radius 3 is 2.62 bits per heavy atom.